The van der Waals surface area contributed by atoms with E-state index in [9.17, 15) is 53.1 Å². The largest absolute Gasteiger partial charge is 0.495 e. The number of alkyl carbamates (subject to hydrolysis) is 1. The number of aliphatic carboxylic acids is 1. The second-order valence-electron chi connectivity index (χ2n) is 25.2. The van der Waals surface area contributed by atoms with E-state index in [1.807, 2.05) is 45.0 Å². The van der Waals surface area contributed by atoms with Gasteiger partial charge >= 0.3 is 18.0 Å². The van der Waals surface area contributed by atoms with Gasteiger partial charge in [-0.1, -0.05) is 94.8 Å². The third kappa shape index (κ3) is 28.0. The number of methoxy groups -OCH3 is 2. The minimum atomic E-state index is -1.18. The summed E-state index contributed by atoms with van der Waals surface area (Å²) in [6.45, 7) is 15.9. The van der Waals surface area contributed by atoms with Gasteiger partial charge in [0.05, 0.1) is 82.7 Å². The molecule has 1 saturated heterocycles. The Bertz CT molecular complexity index is 3130. The molecule has 8 atom stereocenters. The van der Waals surface area contributed by atoms with Gasteiger partial charge in [0.15, 0.2) is 0 Å². The minimum Gasteiger partial charge on any atom is -0.495 e. The summed E-state index contributed by atoms with van der Waals surface area (Å²) in [5, 5.41) is 28.9. The van der Waals surface area contributed by atoms with Crippen LogP contribution in [0.15, 0.2) is 78.9 Å². The van der Waals surface area contributed by atoms with E-state index in [2.05, 4.69) is 37.2 Å². The second-order valence-corrected chi connectivity index (χ2v) is 25.6. The number of carboxylic acid groups (broad SMARTS) is 1. The van der Waals surface area contributed by atoms with Gasteiger partial charge in [-0.2, -0.15) is 0 Å². The standard InChI is InChI=1S/C69H97ClN8O19/c1-42(2)36-53-66(87)96-54(12-11-13-56(79)75-52(38-48-18-23-55(91-10)51(70)37-48)64(85)72-41-69(7,8)67(88)76-53)44(5)61-62(97-61)49-19-14-46(15-20-49)39-71-68(89)95-40-47-16-21-50(22-17-47)74-63(84)45(6)73-65(86)60(43(3)4)77-57(80)24-27-78(28-25-59(82)83)58(81)26-29-92-32-33-94-35-34-93-31-30-90-9/h11,13-23,37,42-45,52-54,60-62H,12,24-36,38-41H2,1-10H3,(H,71,89)(H,72,85)(H,73,86)(H,74,84)(H,75,79)(H,76,88)(H,77,80)(H,82,83)/b13-11+/t44-,45-,52+,53-,54-,60-,61+,62+/m0/s1. The lowest BCUT2D eigenvalue weighted by Crippen LogP contribution is -2.54. The lowest BCUT2D eigenvalue weighted by Gasteiger charge is -2.30. The maximum Gasteiger partial charge on any atom is 0.407 e. The number of cyclic esters (lactones) is 1. The molecule has 2 aliphatic rings. The fraction of sp³-hybridized carbons (Fsp3) is 0.565. The third-order valence-electron chi connectivity index (χ3n) is 16.0. The zero-order valence-electron chi connectivity index (χ0n) is 57.1. The molecular weight excluding hydrogens is 1280 g/mol. The number of nitrogens with one attached hydrogen (secondary N) is 7. The molecule has 8 amide bonds. The van der Waals surface area contributed by atoms with Crippen molar-refractivity contribution < 1.29 is 90.9 Å². The lowest BCUT2D eigenvalue weighted by atomic mass is 9.90. The number of hydrogen-bond donors (Lipinski definition) is 8. The highest BCUT2D eigenvalue weighted by Gasteiger charge is 2.48. The van der Waals surface area contributed by atoms with E-state index in [4.69, 9.17) is 49.5 Å². The number of halogens is 1. The SMILES string of the molecule is COCCOCCOCCOCCC(=O)N(CCC(=O)O)CCC(=O)N[C@H](C(=O)N[C@@H](C)C(=O)Nc1ccc(COC(=O)NCc2ccc([C@H]3O[C@@H]3[C@@H](C)[C@@H]3C/C=C/C(=O)N[C@H](Cc4ccc(OC)c(Cl)c4)C(=O)NCC(C)(C)C(=O)N[C@@H](CC(C)C)C(=O)O3)cc2)cc1)C(C)C. The number of esters is 1. The van der Waals surface area contributed by atoms with Crippen LogP contribution >= 0.6 is 11.6 Å². The predicted molar refractivity (Wildman–Crippen MR) is 358 cm³/mol. The molecule has 0 bridgehead atoms. The van der Waals surface area contributed by atoms with Gasteiger partial charge in [0.25, 0.3) is 0 Å². The van der Waals surface area contributed by atoms with Gasteiger partial charge in [-0.3, -0.25) is 38.4 Å². The molecule has 0 aromatic heterocycles. The summed E-state index contributed by atoms with van der Waals surface area (Å²) in [4.78, 5) is 133. The Labute approximate surface area is 572 Å². The van der Waals surface area contributed by atoms with E-state index >= 15 is 0 Å². The van der Waals surface area contributed by atoms with Crippen molar-refractivity contribution in [2.75, 3.05) is 85.4 Å². The van der Waals surface area contributed by atoms with Crippen molar-refractivity contribution in [1.29, 1.82) is 0 Å². The number of nitrogens with zero attached hydrogens (tertiary/aromatic N) is 1. The van der Waals surface area contributed by atoms with Gasteiger partial charge in [-0.05, 0) is 91.6 Å². The van der Waals surface area contributed by atoms with E-state index in [1.54, 1.807) is 83.3 Å². The van der Waals surface area contributed by atoms with Gasteiger partial charge in [-0.15, -0.1) is 0 Å². The molecule has 2 heterocycles. The smallest absolute Gasteiger partial charge is 0.407 e. The van der Waals surface area contributed by atoms with Gasteiger partial charge in [0, 0.05) is 64.2 Å². The number of anilines is 1. The molecular formula is C69H97ClN8O19. The monoisotopic (exact) mass is 1380 g/mol. The molecule has 28 heteroatoms. The van der Waals surface area contributed by atoms with Crippen LogP contribution in [0.3, 0.4) is 0 Å². The summed E-state index contributed by atoms with van der Waals surface area (Å²) in [6, 6.07) is 14.9. The van der Waals surface area contributed by atoms with Gasteiger partial charge < -0.3 is 85.1 Å². The molecule has 3 aromatic carbocycles. The van der Waals surface area contributed by atoms with Crippen LogP contribution in [0, 0.1) is 23.2 Å². The first kappa shape index (κ1) is 79.5. The maximum absolute atomic E-state index is 14.0. The Morgan fingerprint density at radius 3 is 2.02 bits per heavy atom. The Morgan fingerprint density at radius 2 is 1.39 bits per heavy atom. The van der Waals surface area contributed by atoms with Crippen molar-refractivity contribution in [2.45, 2.75) is 150 Å². The van der Waals surface area contributed by atoms with E-state index in [0.717, 1.165) is 11.1 Å². The lowest BCUT2D eigenvalue weighted by molar-refractivity contribution is -0.157. The van der Waals surface area contributed by atoms with Crippen LogP contribution < -0.4 is 42.0 Å². The average molecular weight is 1380 g/mol. The summed E-state index contributed by atoms with van der Waals surface area (Å²) in [6.07, 6.45) is 0.489. The van der Waals surface area contributed by atoms with Crippen molar-refractivity contribution in [3.05, 3.63) is 106 Å². The molecule has 2 aliphatic heterocycles. The predicted octanol–water partition coefficient (Wildman–Crippen LogP) is 5.49. The van der Waals surface area contributed by atoms with Crippen LogP contribution in [-0.2, 0) is 95.9 Å². The molecule has 0 saturated carbocycles. The van der Waals surface area contributed by atoms with E-state index in [0.29, 0.717) is 54.0 Å². The molecule has 97 heavy (non-hydrogen) atoms. The molecule has 8 N–H and O–H groups in total. The van der Waals surface area contributed by atoms with Crippen molar-refractivity contribution in [3.8, 4) is 5.75 Å². The normalized spacial score (nSPS) is 19.4. The summed E-state index contributed by atoms with van der Waals surface area (Å²) in [5.74, 6) is -5.81. The molecule has 1 fully saturated rings. The number of carbonyl (C=O) groups is 10. The minimum absolute atomic E-state index is 0.00723. The van der Waals surface area contributed by atoms with Crippen molar-refractivity contribution in [1.82, 2.24) is 36.8 Å². The number of carbonyl (C=O) groups excluding carboxylic acids is 9. The number of benzene rings is 3. The molecule has 27 nitrogen and oxygen atoms in total. The first-order valence-electron chi connectivity index (χ1n) is 32.6. The first-order valence-corrected chi connectivity index (χ1v) is 33.0. The third-order valence-corrected chi connectivity index (χ3v) is 16.3. The second kappa shape index (κ2) is 40.5. The number of rotatable bonds is 36. The Hall–Kier alpha value is -8.21. The van der Waals surface area contributed by atoms with Crippen LogP contribution in [0.1, 0.15) is 116 Å². The van der Waals surface area contributed by atoms with Gasteiger partial charge in [0.1, 0.15) is 48.7 Å². The summed E-state index contributed by atoms with van der Waals surface area (Å²) in [7, 11) is 3.07. The van der Waals surface area contributed by atoms with E-state index < -0.39 is 113 Å². The highest BCUT2D eigenvalue weighted by molar-refractivity contribution is 6.32. The van der Waals surface area contributed by atoms with Crippen molar-refractivity contribution in [3.63, 3.8) is 0 Å². The Balaban J connectivity index is 1.07. The topological polar surface area (TPSA) is 356 Å². The van der Waals surface area contributed by atoms with Crippen LogP contribution in [0.5, 0.6) is 5.75 Å². The number of ether oxygens (including phenoxy) is 8. The first-order chi connectivity index (χ1) is 46.2. The Kier molecular flexibility index (Phi) is 33.2. The Morgan fingerprint density at radius 1 is 0.753 bits per heavy atom. The van der Waals surface area contributed by atoms with Crippen LogP contribution in [0.2, 0.25) is 5.02 Å². The van der Waals surface area contributed by atoms with E-state index in [1.165, 1.54) is 25.0 Å². The highest BCUT2D eigenvalue weighted by atomic mass is 35.5. The van der Waals surface area contributed by atoms with Crippen LogP contribution in [-0.4, -0.2) is 186 Å². The highest BCUT2D eigenvalue weighted by Crippen LogP contribution is 2.45. The van der Waals surface area contributed by atoms with Crippen molar-refractivity contribution in [2.24, 2.45) is 23.2 Å². The quantitative estimate of drug-likeness (QED) is 0.0203. The number of hydrogen-bond acceptors (Lipinski definition) is 18. The molecule has 3 aromatic rings. The maximum atomic E-state index is 14.0. The van der Waals surface area contributed by atoms with Gasteiger partial charge in [0.2, 0.25) is 41.4 Å². The average Bonchev–Trinajstić information content (AvgIpc) is 1.64. The molecule has 0 radical (unpaired) electrons. The molecule has 5 rings (SSSR count). The number of amides is 8. The number of epoxide rings is 1. The fourth-order valence-electron chi connectivity index (χ4n) is 10.1. The summed E-state index contributed by atoms with van der Waals surface area (Å²) in [5.41, 5.74) is 2.10. The molecule has 0 unspecified atom stereocenters. The molecule has 534 valence electrons. The van der Waals surface area contributed by atoms with Crippen LogP contribution in [0.25, 0.3) is 0 Å². The summed E-state index contributed by atoms with van der Waals surface area (Å²) < 4.78 is 44.3. The van der Waals surface area contributed by atoms with E-state index in [-0.39, 0.29) is 103 Å². The van der Waals surface area contributed by atoms with Crippen molar-refractivity contribution >= 4 is 76.7 Å². The molecule has 0 spiro atoms. The summed E-state index contributed by atoms with van der Waals surface area (Å²) >= 11 is 6.39. The fourth-order valence-corrected chi connectivity index (χ4v) is 10.4. The van der Waals surface area contributed by atoms with Crippen LogP contribution in [0.4, 0.5) is 10.5 Å². The number of carboxylic acids is 1. The van der Waals surface area contributed by atoms with Gasteiger partial charge in [-0.25, -0.2) is 9.59 Å². The zero-order chi connectivity index (χ0) is 71.2. The molecule has 0 aliphatic carbocycles. The zero-order valence-corrected chi connectivity index (χ0v) is 57.9.